The fraction of sp³-hybridized carbons (Fsp3) is 0.500. The summed E-state index contributed by atoms with van der Waals surface area (Å²) in [6, 6.07) is 0. The summed E-state index contributed by atoms with van der Waals surface area (Å²) < 4.78 is 0. The predicted molar refractivity (Wildman–Crippen MR) is 77.0 cm³/mol. The van der Waals surface area contributed by atoms with Crippen molar-refractivity contribution in [2.45, 2.75) is 38.5 Å². The van der Waals surface area contributed by atoms with Gasteiger partial charge in [0.25, 0.3) is 0 Å². The fourth-order valence-electron chi connectivity index (χ4n) is 1.60. The van der Waals surface area contributed by atoms with Crippen molar-refractivity contribution >= 4 is 0 Å². The zero-order valence-electron chi connectivity index (χ0n) is 10.9. The first-order valence-corrected chi connectivity index (χ1v) is 6.49. The average Bonchev–Trinajstić information content (AvgIpc) is 2.36. The molecule has 0 bridgehead atoms. The van der Waals surface area contributed by atoms with E-state index in [1.54, 1.807) is 6.08 Å². The monoisotopic (exact) mass is 234 g/mol. The van der Waals surface area contributed by atoms with E-state index in [4.69, 9.17) is 5.11 Å². The van der Waals surface area contributed by atoms with Gasteiger partial charge in [0.05, 0.1) is 6.61 Å². The number of rotatable bonds is 11. The first kappa shape index (κ1) is 15.9. The summed E-state index contributed by atoms with van der Waals surface area (Å²) in [5.74, 6) is 0.550. The minimum absolute atomic E-state index is 0.141. The van der Waals surface area contributed by atoms with Crippen LogP contribution in [0.4, 0.5) is 0 Å². The van der Waals surface area contributed by atoms with Crippen molar-refractivity contribution in [1.29, 1.82) is 0 Å². The van der Waals surface area contributed by atoms with E-state index in [-0.39, 0.29) is 6.61 Å². The molecule has 0 aromatic carbocycles. The van der Waals surface area contributed by atoms with Gasteiger partial charge in [-0.1, -0.05) is 36.5 Å². The molecule has 1 nitrogen and oxygen atoms in total. The number of hydrogen-bond acceptors (Lipinski definition) is 1. The molecule has 0 aliphatic rings. The Bertz CT molecular complexity index is 238. The lowest BCUT2D eigenvalue weighted by atomic mass is 9.99. The van der Waals surface area contributed by atoms with E-state index in [0.29, 0.717) is 5.92 Å². The molecule has 0 heterocycles. The van der Waals surface area contributed by atoms with Gasteiger partial charge in [-0.15, -0.1) is 13.2 Å². The summed E-state index contributed by atoms with van der Waals surface area (Å²) in [5, 5.41) is 8.61. The second kappa shape index (κ2) is 13.0. The second-order valence-electron chi connectivity index (χ2n) is 4.15. The van der Waals surface area contributed by atoms with Gasteiger partial charge in [0.1, 0.15) is 0 Å². The highest BCUT2D eigenvalue weighted by molar-refractivity contribution is 4.92. The lowest BCUT2D eigenvalue weighted by Gasteiger charge is -2.07. The van der Waals surface area contributed by atoms with Crippen LogP contribution in [0.2, 0.25) is 0 Å². The van der Waals surface area contributed by atoms with Crippen LogP contribution in [0.5, 0.6) is 0 Å². The molecule has 0 rings (SSSR count). The third kappa shape index (κ3) is 11.2. The van der Waals surface area contributed by atoms with Gasteiger partial charge < -0.3 is 5.11 Å². The van der Waals surface area contributed by atoms with Crippen molar-refractivity contribution < 1.29 is 5.11 Å². The van der Waals surface area contributed by atoms with Crippen molar-refractivity contribution in [3.05, 3.63) is 49.6 Å². The smallest absolute Gasteiger partial charge is 0.0612 e. The van der Waals surface area contributed by atoms with E-state index in [1.165, 1.54) is 6.42 Å². The Labute approximate surface area is 106 Å². The molecule has 1 atom stereocenters. The Morgan fingerprint density at radius 1 is 0.941 bits per heavy atom. The fourth-order valence-corrected chi connectivity index (χ4v) is 1.60. The molecule has 0 aromatic heterocycles. The molecular formula is C16H26O. The maximum atomic E-state index is 8.61. The van der Waals surface area contributed by atoms with Crippen LogP contribution in [0.15, 0.2) is 49.6 Å². The highest BCUT2D eigenvalue weighted by atomic mass is 16.2. The van der Waals surface area contributed by atoms with Gasteiger partial charge in [-0.2, -0.15) is 0 Å². The number of aliphatic hydroxyl groups is 1. The molecule has 96 valence electrons. The summed E-state index contributed by atoms with van der Waals surface area (Å²) in [5.41, 5.74) is 0. The van der Waals surface area contributed by atoms with Gasteiger partial charge in [0.2, 0.25) is 0 Å². The minimum atomic E-state index is 0.141. The molecule has 1 N–H and O–H groups in total. The van der Waals surface area contributed by atoms with Gasteiger partial charge in [0.15, 0.2) is 0 Å². The lowest BCUT2D eigenvalue weighted by molar-refractivity contribution is 0.342. The largest absolute Gasteiger partial charge is 0.392 e. The van der Waals surface area contributed by atoms with Crippen molar-refractivity contribution in [1.82, 2.24) is 0 Å². The van der Waals surface area contributed by atoms with E-state index >= 15 is 0 Å². The standard InChI is InChI=1S/C16H26O/c1-3-5-6-7-8-10-13-16(4-2)14-11-9-12-15-17/h3-4,8-10,12,16-17H,1-2,5-7,11,13-15H2/b10-8+,12-9+. The predicted octanol–water partition coefficient (Wildman–Crippen LogP) is 4.42. The minimum Gasteiger partial charge on any atom is -0.392 e. The molecule has 0 saturated heterocycles. The molecular weight excluding hydrogens is 208 g/mol. The molecule has 1 unspecified atom stereocenters. The molecule has 0 amide bonds. The Balaban J connectivity index is 3.62. The first-order valence-electron chi connectivity index (χ1n) is 6.49. The molecule has 0 radical (unpaired) electrons. The molecule has 0 aliphatic carbocycles. The summed E-state index contributed by atoms with van der Waals surface area (Å²) in [6.45, 7) is 7.72. The van der Waals surface area contributed by atoms with E-state index in [2.05, 4.69) is 25.3 Å². The van der Waals surface area contributed by atoms with Crippen LogP contribution in [0.1, 0.15) is 38.5 Å². The van der Waals surface area contributed by atoms with Crippen LogP contribution in [-0.4, -0.2) is 11.7 Å². The topological polar surface area (TPSA) is 20.2 Å². The maximum absolute atomic E-state index is 8.61. The van der Waals surface area contributed by atoms with Gasteiger partial charge >= 0.3 is 0 Å². The molecule has 0 spiro atoms. The van der Waals surface area contributed by atoms with Gasteiger partial charge in [-0.3, -0.25) is 0 Å². The van der Waals surface area contributed by atoms with E-state index < -0.39 is 0 Å². The molecule has 0 aliphatic heterocycles. The van der Waals surface area contributed by atoms with Crippen LogP contribution in [0, 0.1) is 5.92 Å². The quantitative estimate of drug-likeness (QED) is 0.414. The maximum Gasteiger partial charge on any atom is 0.0612 e. The van der Waals surface area contributed by atoms with Gasteiger partial charge in [-0.05, 0) is 44.4 Å². The van der Waals surface area contributed by atoms with E-state index in [0.717, 1.165) is 32.1 Å². The Morgan fingerprint density at radius 3 is 2.35 bits per heavy atom. The summed E-state index contributed by atoms with van der Waals surface area (Å²) in [6.07, 6.45) is 19.0. The van der Waals surface area contributed by atoms with Crippen LogP contribution >= 0.6 is 0 Å². The zero-order chi connectivity index (χ0) is 12.8. The summed E-state index contributed by atoms with van der Waals surface area (Å²) in [7, 11) is 0. The number of allylic oxidation sites excluding steroid dienone is 5. The van der Waals surface area contributed by atoms with Crippen LogP contribution in [0.3, 0.4) is 0 Å². The molecule has 17 heavy (non-hydrogen) atoms. The number of hydrogen-bond donors (Lipinski definition) is 1. The van der Waals surface area contributed by atoms with E-state index in [1.807, 2.05) is 18.2 Å². The third-order valence-corrected chi connectivity index (χ3v) is 2.69. The van der Waals surface area contributed by atoms with Gasteiger partial charge in [0, 0.05) is 0 Å². The van der Waals surface area contributed by atoms with Crippen molar-refractivity contribution in [3.8, 4) is 0 Å². The summed E-state index contributed by atoms with van der Waals surface area (Å²) >= 11 is 0. The Hall–Kier alpha value is -1.08. The second-order valence-corrected chi connectivity index (χ2v) is 4.15. The Kier molecular flexibility index (Phi) is 12.2. The van der Waals surface area contributed by atoms with Crippen LogP contribution < -0.4 is 0 Å². The lowest BCUT2D eigenvalue weighted by Crippen LogP contribution is -1.93. The third-order valence-electron chi connectivity index (χ3n) is 2.69. The molecule has 0 saturated carbocycles. The summed E-state index contributed by atoms with van der Waals surface area (Å²) in [4.78, 5) is 0. The van der Waals surface area contributed by atoms with Crippen molar-refractivity contribution in [2.75, 3.05) is 6.61 Å². The highest BCUT2D eigenvalue weighted by Crippen LogP contribution is 2.14. The van der Waals surface area contributed by atoms with Crippen molar-refractivity contribution in [2.24, 2.45) is 5.92 Å². The van der Waals surface area contributed by atoms with Gasteiger partial charge in [-0.25, -0.2) is 0 Å². The molecule has 1 heteroatoms. The number of unbranched alkanes of at least 4 members (excludes halogenated alkanes) is 2. The van der Waals surface area contributed by atoms with Crippen LogP contribution in [-0.2, 0) is 0 Å². The van der Waals surface area contributed by atoms with E-state index in [9.17, 15) is 0 Å². The SMILES string of the molecule is C=CCCC/C=C/CC(C=C)CC/C=C/CO. The van der Waals surface area contributed by atoms with Crippen LogP contribution in [0.25, 0.3) is 0 Å². The van der Waals surface area contributed by atoms with Crippen molar-refractivity contribution in [3.63, 3.8) is 0 Å². The molecule has 0 aromatic rings. The average molecular weight is 234 g/mol. The first-order chi connectivity index (χ1) is 8.35. The highest BCUT2D eigenvalue weighted by Gasteiger charge is 1.99. The Morgan fingerprint density at radius 2 is 1.71 bits per heavy atom. The zero-order valence-corrected chi connectivity index (χ0v) is 10.9. The molecule has 0 fully saturated rings. The normalized spacial score (nSPS) is 13.2. The number of aliphatic hydroxyl groups excluding tert-OH is 1.